The van der Waals surface area contributed by atoms with Crippen LogP contribution in [0.15, 0.2) is 6.33 Å². The number of hydrogen-bond donors (Lipinski definition) is 5. The summed E-state index contributed by atoms with van der Waals surface area (Å²) in [5, 5.41) is 14.4. The summed E-state index contributed by atoms with van der Waals surface area (Å²) in [5.74, 6) is -0.521. The Hall–Kier alpha value is -2.56. The van der Waals surface area contributed by atoms with Gasteiger partial charge in [0.2, 0.25) is 11.9 Å². The number of thioether (sulfide) groups is 1. The summed E-state index contributed by atoms with van der Waals surface area (Å²) in [6.07, 6.45) is 3.66. The van der Waals surface area contributed by atoms with Gasteiger partial charge in [0.1, 0.15) is 11.6 Å². The summed E-state index contributed by atoms with van der Waals surface area (Å²) >= 11 is 1.52. The quantitative estimate of drug-likeness (QED) is 0.434. The second-order valence-corrected chi connectivity index (χ2v) is 5.61. The molecule has 0 saturated heterocycles. The molecule has 23 heavy (non-hydrogen) atoms. The van der Waals surface area contributed by atoms with Crippen molar-refractivity contribution in [1.29, 1.82) is 0 Å². The minimum atomic E-state index is -1.06. The smallest absolute Gasteiger partial charge is 0.326 e. The molecule has 2 aromatic rings. The van der Waals surface area contributed by atoms with E-state index in [0.717, 1.165) is 0 Å². The third-order valence-electron chi connectivity index (χ3n) is 2.96. The molecular weight excluding hydrogens is 322 g/mol. The minimum absolute atomic E-state index is 0.0240. The number of carbonyl (C=O) groups excluding carboxylic acids is 1. The van der Waals surface area contributed by atoms with Gasteiger partial charge < -0.3 is 26.5 Å². The van der Waals surface area contributed by atoms with Crippen LogP contribution in [0.25, 0.3) is 11.2 Å². The van der Waals surface area contributed by atoms with Crippen LogP contribution in [0, 0.1) is 0 Å². The van der Waals surface area contributed by atoms with Crippen LogP contribution in [0.2, 0.25) is 0 Å². The lowest BCUT2D eigenvalue weighted by Gasteiger charge is -2.14. The lowest BCUT2D eigenvalue weighted by atomic mass is 10.2. The molecule has 0 aliphatic heterocycles. The number of carbonyl (C=O) groups is 2. The van der Waals surface area contributed by atoms with E-state index in [1.165, 1.54) is 18.1 Å². The van der Waals surface area contributed by atoms with E-state index in [4.69, 9.17) is 10.8 Å². The van der Waals surface area contributed by atoms with Crippen LogP contribution in [0.1, 0.15) is 6.42 Å². The number of amides is 1. The van der Waals surface area contributed by atoms with Gasteiger partial charge in [0.05, 0.1) is 12.9 Å². The fourth-order valence-electron chi connectivity index (χ4n) is 1.88. The molecule has 11 heteroatoms. The highest BCUT2D eigenvalue weighted by Gasteiger charge is 2.19. The van der Waals surface area contributed by atoms with Gasteiger partial charge in [-0.3, -0.25) is 4.79 Å². The van der Waals surface area contributed by atoms with Gasteiger partial charge in [-0.05, 0) is 18.4 Å². The fourth-order valence-corrected chi connectivity index (χ4v) is 2.35. The topological polar surface area (TPSA) is 159 Å². The Morgan fingerprint density at radius 3 is 2.96 bits per heavy atom. The number of aromatic amines is 1. The fraction of sp³-hybridized carbons (Fsp3) is 0.417. The van der Waals surface area contributed by atoms with Crippen LogP contribution in [0.5, 0.6) is 0 Å². The highest BCUT2D eigenvalue weighted by Crippen LogP contribution is 2.16. The molecule has 0 aliphatic rings. The van der Waals surface area contributed by atoms with Crippen LogP contribution in [0.3, 0.4) is 0 Å². The minimum Gasteiger partial charge on any atom is -0.480 e. The van der Waals surface area contributed by atoms with E-state index in [-0.39, 0.29) is 12.5 Å². The Morgan fingerprint density at radius 1 is 1.48 bits per heavy atom. The molecule has 1 amide bonds. The van der Waals surface area contributed by atoms with Crippen molar-refractivity contribution in [1.82, 2.24) is 25.3 Å². The first kappa shape index (κ1) is 16.8. The number of H-pyrrole nitrogens is 1. The van der Waals surface area contributed by atoms with Crippen LogP contribution >= 0.6 is 11.8 Å². The number of hydrogen-bond acceptors (Lipinski definition) is 8. The van der Waals surface area contributed by atoms with Crippen LogP contribution < -0.4 is 16.4 Å². The number of carboxylic acids is 1. The van der Waals surface area contributed by atoms with Gasteiger partial charge in [-0.25, -0.2) is 9.78 Å². The van der Waals surface area contributed by atoms with E-state index in [1.54, 1.807) is 0 Å². The lowest BCUT2D eigenvalue weighted by Crippen LogP contribution is -2.43. The molecule has 1 atom stereocenters. The second kappa shape index (κ2) is 7.63. The van der Waals surface area contributed by atoms with Gasteiger partial charge in [0.25, 0.3) is 0 Å². The van der Waals surface area contributed by atoms with Crippen LogP contribution in [-0.4, -0.2) is 61.5 Å². The third kappa shape index (κ3) is 4.45. The zero-order valence-electron chi connectivity index (χ0n) is 12.4. The number of aromatic nitrogens is 4. The first-order valence-electron chi connectivity index (χ1n) is 6.73. The number of nitrogens with zero attached hydrogens (tertiary/aromatic N) is 3. The molecule has 124 valence electrons. The molecule has 0 saturated carbocycles. The third-order valence-corrected chi connectivity index (χ3v) is 3.61. The molecule has 2 aromatic heterocycles. The van der Waals surface area contributed by atoms with E-state index in [1.807, 2.05) is 6.26 Å². The summed E-state index contributed by atoms with van der Waals surface area (Å²) < 4.78 is 0. The van der Waals surface area contributed by atoms with Crippen molar-refractivity contribution in [3.05, 3.63) is 6.33 Å². The van der Waals surface area contributed by atoms with Gasteiger partial charge in [0.15, 0.2) is 11.5 Å². The number of nitrogen functional groups attached to an aromatic ring is 1. The summed E-state index contributed by atoms with van der Waals surface area (Å²) in [5.41, 5.74) is 6.47. The van der Waals surface area contributed by atoms with E-state index in [0.29, 0.717) is 29.2 Å². The van der Waals surface area contributed by atoms with Crippen molar-refractivity contribution >= 4 is 46.6 Å². The predicted molar refractivity (Wildman–Crippen MR) is 87.2 cm³/mol. The maximum absolute atomic E-state index is 11.9. The molecule has 2 heterocycles. The molecule has 0 bridgehead atoms. The number of aliphatic carboxylic acids is 1. The lowest BCUT2D eigenvalue weighted by molar-refractivity contribution is -0.141. The van der Waals surface area contributed by atoms with Crippen LogP contribution in [0.4, 0.5) is 11.8 Å². The molecule has 0 aliphatic carbocycles. The number of imidazole rings is 1. The molecule has 0 unspecified atom stereocenters. The van der Waals surface area contributed by atoms with Gasteiger partial charge >= 0.3 is 5.97 Å². The largest absolute Gasteiger partial charge is 0.480 e. The van der Waals surface area contributed by atoms with Crippen LogP contribution in [-0.2, 0) is 9.59 Å². The molecule has 2 rings (SSSR count). The van der Waals surface area contributed by atoms with Crippen molar-refractivity contribution in [2.24, 2.45) is 0 Å². The predicted octanol–water partition coefficient (Wildman–Crippen LogP) is -0.330. The molecule has 0 fully saturated rings. The average molecular weight is 339 g/mol. The number of nitrogens with two attached hydrogens (primary N) is 1. The first-order valence-corrected chi connectivity index (χ1v) is 8.12. The monoisotopic (exact) mass is 339 g/mol. The van der Waals surface area contributed by atoms with Gasteiger partial charge in [0, 0.05) is 0 Å². The summed E-state index contributed by atoms with van der Waals surface area (Å²) in [7, 11) is 0. The molecule has 10 nitrogen and oxygen atoms in total. The Morgan fingerprint density at radius 2 is 2.26 bits per heavy atom. The number of nitrogens with one attached hydrogen (secondary N) is 3. The maximum Gasteiger partial charge on any atom is 0.326 e. The van der Waals surface area contributed by atoms with Gasteiger partial charge in [-0.15, -0.1) is 0 Å². The zero-order chi connectivity index (χ0) is 16.8. The number of rotatable bonds is 8. The molecule has 0 aromatic carbocycles. The average Bonchev–Trinajstić information content (AvgIpc) is 2.96. The first-order chi connectivity index (χ1) is 11.0. The molecule has 0 radical (unpaired) electrons. The van der Waals surface area contributed by atoms with E-state index in [2.05, 4.69) is 30.6 Å². The maximum atomic E-state index is 11.9. The van der Waals surface area contributed by atoms with Crippen molar-refractivity contribution in [3.63, 3.8) is 0 Å². The summed E-state index contributed by atoms with van der Waals surface area (Å²) in [4.78, 5) is 37.7. The van der Waals surface area contributed by atoms with E-state index in [9.17, 15) is 9.59 Å². The Kier molecular flexibility index (Phi) is 5.57. The standard InChI is InChI=1S/C12H17N7O3S/c1-23-3-2-6(11(21)22)17-7(20)4-14-9-8-10(16-5-15-8)19-12(13)18-9/h5-6H,2-4H2,1H3,(H,17,20)(H,21,22)(H4,13,14,15,16,18,19)/t6-/m0/s1. The Bertz CT molecular complexity index is 705. The van der Waals surface area contributed by atoms with Gasteiger partial charge in [-0.2, -0.15) is 21.7 Å². The molecule has 6 N–H and O–H groups in total. The second-order valence-electron chi connectivity index (χ2n) is 4.62. The van der Waals surface area contributed by atoms with Crippen molar-refractivity contribution < 1.29 is 14.7 Å². The summed E-state index contributed by atoms with van der Waals surface area (Å²) in [6, 6.07) is -0.917. The van der Waals surface area contributed by atoms with Crippen molar-refractivity contribution in [2.75, 3.05) is 29.6 Å². The zero-order valence-corrected chi connectivity index (χ0v) is 13.2. The van der Waals surface area contributed by atoms with E-state index >= 15 is 0 Å². The van der Waals surface area contributed by atoms with Crippen molar-refractivity contribution in [2.45, 2.75) is 12.5 Å². The Balaban J connectivity index is 1.97. The normalized spacial score (nSPS) is 12.0. The molecule has 0 spiro atoms. The Labute approximate surface area is 135 Å². The molecular formula is C12H17N7O3S. The highest BCUT2D eigenvalue weighted by atomic mass is 32.2. The van der Waals surface area contributed by atoms with E-state index < -0.39 is 17.9 Å². The van der Waals surface area contributed by atoms with Gasteiger partial charge in [-0.1, -0.05) is 0 Å². The van der Waals surface area contributed by atoms with Crippen molar-refractivity contribution in [3.8, 4) is 0 Å². The number of carboxylic acid groups (broad SMARTS) is 1. The highest BCUT2D eigenvalue weighted by molar-refractivity contribution is 7.98. The number of fused-ring (bicyclic) bond motifs is 1. The summed E-state index contributed by atoms with van der Waals surface area (Å²) in [6.45, 7) is -0.145. The number of anilines is 2. The SMILES string of the molecule is CSCC[C@H](NC(=O)CNc1nc(N)nc2nc[nH]c12)C(=O)O.